The van der Waals surface area contributed by atoms with Crippen LogP contribution in [0.5, 0.6) is 0 Å². The van der Waals surface area contributed by atoms with Gasteiger partial charge in [-0.1, -0.05) is 20.8 Å². The monoisotopic (exact) mass is 292 g/mol. The minimum absolute atomic E-state index is 0.0741. The molecule has 7 heteroatoms. The van der Waals surface area contributed by atoms with Crippen molar-refractivity contribution in [1.29, 1.82) is 0 Å². The van der Waals surface area contributed by atoms with Gasteiger partial charge in [-0.3, -0.25) is 4.79 Å². The van der Waals surface area contributed by atoms with E-state index in [0.717, 1.165) is 5.76 Å². The number of carboxylic acids is 1. The SMILES string of the molecule is CC(C)(C)c1cnc(CNC(=O)c2ccc(C(=O)O)o2)o1. The third kappa shape index (κ3) is 3.50. The average molecular weight is 292 g/mol. The Balaban J connectivity index is 1.97. The molecule has 1 amide bonds. The number of hydrogen-bond acceptors (Lipinski definition) is 5. The zero-order valence-electron chi connectivity index (χ0n) is 12.0. The average Bonchev–Trinajstić information content (AvgIpc) is 3.04. The van der Waals surface area contributed by atoms with Gasteiger partial charge in [0.15, 0.2) is 5.76 Å². The van der Waals surface area contributed by atoms with Crippen molar-refractivity contribution in [2.24, 2.45) is 0 Å². The molecule has 0 aromatic carbocycles. The van der Waals surface area contributed by atoms with Crippen molar-refractivity contribution in [1.82, 2.24) is 10.3 Å². The minimum atomic E-state index is -1.23. The van der Waals surface area contributed by atoms with Crippen LogP contribution in [0.25, 0.3) is 0 Å². The van der Waals surface area contributed by atoms with Crippen LogP contribution in [0.4, 0.5) is 0 Å². The third-order valence-corrected chi connectivity index (χ3v) is 2.73. The topological polar surface area (TPSA) is 106 Å². The van der Waals surface area contributed by atoms with Gasteiger partial charge >= 0.3 is 5.97 Å². The number of carboxylic acid groups (broad SMARTS) is 1. The first-order chi connectivity index (χ1) is 9.77. The summed E-state index contributed by atoms with van der Waals surface area (Å²) in [5, 5.41) is 11.3. The van der Waals surface area contributed by atoms with E-state index in [-0.39, 0.29) is 23.5 Å². The van der Waals surface area contributed by atoms with Crippen LogP contribution in [-0.2, 0) is 12.0 Å². The molecule has 2 aromatic rings. The summed E-state index contributed by atoms with van der Waals surface area (Å²) >= 11 is 0. The third-order valence-electron chi connectivity index (χ3n) is 2.73. The predicted molar refractivity (Wildman–Crippen MR) is 72.0 cm³/mol. The second-order valence-corrected chi connectivity index (χ2v) is 5.52. The number of carbonyl (C=O) groups is 2. The maximum atomic E-state index is 11.8. The summed E-state index contributed by atoms with van der Waals surface area (Å²) in [6.07, 6.45) is 1.62. The smallest absolute Gasteiger partial charge is 0.371 e. The zero-order chi connectivity index (χ0) is 15.6. The maximum Gasteiger partial charge on any atom is 0.371 e. The fourth-order valence-corrected chi connectivity index (χ4v) is 1.56. The van der Waals surface area contributed by atoms with E-state index in [2.05, 4.69) is 10.3 Å². The predicted octanol–water partition coefficient (Wildman–Crippen LogP) is 2.19. The fraction of sp³-hybridized carbons (Fsp3) is 0.357. The lowest BCUT2D eigenvalue weighted by atomic mass is 9.94. The second-order valence-electron chi connectivity index (χ2n) is 5.52. The number of nitrogens with one attached hydrogen (secondary N) is 1. The number of hydrogen-bond donors (Lipinski definition) is 2. The van der Waals surface area contributed by atoms with Gasteiger partial charge in [-0.2, -0.15) is 0 Å². The Morgan fingerprint density at radius 1 is 1.24 bits per heavy atom. The second kappa shape index (κ2) is 5.43. The van der Waals surface area contributed by atoms with Gasteiger partial charge < -0.3 is 19.3 Å². The first-order valence-corrected chi connectivity index (χ1v) is 6.34. The number of amides is 1. The van der Waals surface area contributed by atoms with Gasteiger partial charge in [0.05, 0.1) is 12.7 Å². The molecule has 2 aromatic heterocycles. The highest BCUT2D eigenvalue weighted by Crippen LogP contribution is 2.22. The van der Waals surface area contributed by atoms with E-state index in [9.17, 15) is 9.59 Å². The number of aromatic nitrogens is 1. The summed E-state index contributed by atoms with van der Waals surface area (Å²) in [6.45, 7) is 6.07. The molecule has 0 aliphatic heterocycles. The van der Waals surface area contributed by atoms with Crippen LogP contribution in [0.15, 0.2) is 27.2 Å². The number of nitrogens with zero attached hydrogens (tertiary/aromatic N) is 1. The Morgan fingerprint density at radius 3 is 2.43 bits per heavy atom. The molecule has 0 atom stereocenters. The summed E-state index contributed by atoms with van der Waals surface area (Å²) in [5.74, 6) is -1.02. The molecule has 0 bridgehead atoms. The van der Waals surface area contributed by atoms with Gasteiger partial charge in [-0.15, -0.1) is 0 Å². The Kier molecular flexibility index (Phi) is 3.84. The van der Waals surface area contributed by atoms with Crippen molar-refractivity contribution in [2.75, 3.05) is 0 Å². The van der Waals surface area contributed by atoms with Gasteiger partial charge in [0.2, 0.25) is 11.7 Å². The van der Waals surface area contributed by atoms with Crippen LogP contribution < -0.4 is 5.32 Å². The molecule has 2 rings (SSSR count). The summed E-state index contributed by atoms with van der Waals surface area (Å²) in [5.41, 5.74) is -0.160. The first kappa shape index (κ1) is 14.8. The molecule has 0 radical (unpaired) electrons. The quantitative estimate of drug-likeness (QED) is 0.894. The molecule has 0 fully saturated rings. The minimum Gasteiger partial charge on any atom is -0.475 e. The molecular formula is C14H16N2O5. The number of aromatic carboxylic acids is 1. The van der Waals surface area contributed by atoms with Crippen LogP contribution >= 0.6 is 0 Å². The molecule has 2 heterocycles. The number of oxazole rings is 1. The Morgan fingerprint density at radius 2 is 1.90 bits per heavy atom. The summed E-state index contributed by atoms with van der Waals surface area (Å²) in [7, 11) is 0. The number of carbonyl (C=O) groups excluding carboxylic acids is 1. The van der Waals surface area contributed by atoms with Crippen LogP contribution in [0.2, 0.25) is 0 Å². The van der Waals surface area contributed by atoms with Crippen molar-refractivity contribution in [2.45, 2.75) is 32.7 Å². The van der Waals surface area contributed by atoms with E-state index in [1.54, 1.807) is 6.20 Å². The van der Waals surface area contributed by atoms with Crippen LogP contribution in [-0.4, -0.2) is 22.0 Å². The lowest BCUT2D eigenvalue weighted by Crippen LogP contribution is -2.22. The van der Waals surface area contributed by atoms with Gasteiger partial charge in [0.1, 0.15) is 5.76 Å². The van der Waals surface area contributed by atoms with E-state index < -0.39 is 11.9 Å². The maximum absolute atomic E-state index is 11.8. The van der Waals surface area contributed by atoms with Crippen LogP contribution in [0, 0.1) is 0 Å². The van der Waals surface area contributed by atoms with E-state index >= 15 is 0 Å². The van der Waals surface area contributed by atoms with Crippen molar-refractivity contribution in [3.8, 4) is 0 Å². The van der Waals surface area contributed by atoms with Gasteiger partial charge in [-0.25, -0.2) is 9.78 Å². The molecule has 0 saturated heterocycles. The largest absolute Gasteiger partial charge is 0.475 e. The van der Waals surface area contributed by atoms with Crippen molar-refractivity contribution < 1.29 is 23.5 Å². The summed E-state index contributed by atoms with van der Waals surface area (Å²) in [4.78, 5) is 26.5. The van der Waals surface area contributed by atoms with E-state index in [4.69, 9.17) is 13.9 Å². The highest BCUT2D eigenvalue weighted by molar-refractivity contribution is 5.93. The number of rotatable bonds is 4. The molecular weight excluding hydrogens is 276 g/mol. The molecule has 21 heavy (non-hydrogen) atoms. The molecule has 0 saturated carbocycles. The van der Waals surface area contributed by atoms with Gasteiger partial charge in [-0.05, 0) is 12.1 Å². The highest BCUT2D eigenvalue weighted by Gasteiger charge is 2.20. The van der Waals surface area contributed by atoms with Crippen molar-refractivity contribution in [3.05, 3.63) is 41.5 Å². The Hall–Kier alpha value is -2.57. The fourth-order valence-electron chi connectivity index (χ4n) is 1.56. The molecule has 2 N–H and O–H groups in total. The Labute approximate surface area is 121 Å². The van der Waals surface area contributed by atoms with Crippen LogP contribution in [0.1, 0.15) is 53.5 Å². The summed E-state index contributed by atoms with van der Waals surface area (Å²) < 4.78 is 10.4. The molecule has 7 nitrogen and oxygen atoms in total. The molecule has 0 unspecified atom stereocenters. The normalized spacial score (nSPS) is 11.4. The standard InChI is InChI=1S/C14H16N2O5/c1-14(2,3)10-6-15-11(21-10)7-16-12(17)8-4-5-9(20-8)13(18)19/h4-6H,7H2,1-3H3,(H,16,17)(H,18,19). The lowest BCUT2D eigenvalue weighted by molar-refractivity contribution is 0.0659. The molecule has 112 valence electrons. The first-order valence-electron chi connectivity index (χ1n) is 6.34. The lowest BCUT2D eigenvalue weighted by Gasteiger charge is -2.13. The zero-order valence-corrected chi connectivity index (χ0v) is 12.0. The van der Waals surface area contributed by atoms with Gasteiger partial charge in [0.25, 0.3) is 5.91 Å². The number of furan rings is 1. The Bertz CT molecular complexity index is 663. The molecule has 0 spiro atoms. The van der Waals surface area contributed by atoms with E-state index in [1.165, 1.54) is 12.1 Å². The summed E-state index contributed by atoms with van der Waals surface area (Å²) in [6, 6.07) is 2.52. The van der Waals surface area contributed by atoms with E-state index in [1.807, 2.05) is 20.8 Å². The highest BCUT2D eigenvalue weighted by atomic mass is 16.4. The molecule has 0 aliphatic rings. The van der Waals surface area contributed by atoms with Crippen LogP contribution in [0.3, 0.4) is 0 Å². The molecule has 0 aliphatic carbocycles. The van der Waals surface area contributed by atoms with E-state index in [0.29, 0.717) is 5.89 Å². The van der Waals surface area contributed by atoms with Crippen molar-refractivity contribution >= 4 is 11.9 Å². The van der Waals surface area contributed by atoms with Gasteiger partial charge in [0, 0.05) is 5.41 Å². The van der Waals surface area contributed by atoms with Crippen molar-refractivity contribution in [3.63, 3.8) is 0 Å².